The summed E-state index contributed by atoms with van der Waals surface area (Å²) in [6.07, 6.45) is -0.587. The Morgan fingerprint density at radius 3 is 2.33 bits per heavy atom. The van der Waals surface area contributed by atoms with Gasteiger partial charge in [0, 0.05) is 17.8 Å². The monoisotopic (exact) mass is 285 g/mol. The van der Waals surface area contributed by atoms with Crippen LogP contribution in [-0.4, -0.2) is 18.8 Å². The summed E-state index contributed by atoms with van der Waals surface area (Å²) in [7, 11) is 1.63. The third kappa shape index (κ3) is 3.19. The first kappa shape index (κ1) is 15.4. The van der Waals surface area contributed by atoms with Crippen LogP contribution in [0.15, 0.2) is 42.5 Å². The fraction of sp³-hybridized carbons (Fsp3) is 0.333. The molecule has 3 heteroatoms. The Morgan fingerprint density at radius 1 is 1.14 bits per heavy atom. The van der Waals surface area contributed by atoms with E-state index in [1.165, 1.54) is 5.56 Å². The minimum Gasteiger partial charge on any atom is -0.496 e. The van der Waals surface area contributed by atoms with Crippen LogP contribution in [0, 0.1) is 6.92 Å². The van der Waals surface area contributed by atoms with Crippen molar-refractivity contribution in [3.05, 3.63) is 53.6 Å². The highest BCUT2D eigenvalue weighted by Crippen LogP contribution is 2.37. The summed E-state index contributed by atoms with van der Waals surface area (Å²) in [5.41, 5.74) is 4.15. The molecule has 2 aromatic rings. The average molecular weight is 285 g/mol. The van der Waals surface area contributed by atoms with Crippen molar-refractivity contribution in [3.8, 4) is 5.75 Å². The molecule has 0 aliphatic heterocycles. The molecule has 21 heavy (non-hydrogen) atoms. The third-order valence-corrected chi connectivity index (χ3v) is 3.63. The summed E-state index contributed by atoms with van der Waals surface area (Å²) < 4.78 is 5.41. The second-order valence-electron chi connectivity index (χ2n) is 5.15. The van der Waals surface area contributed by atoms with E-state index in [1.54, 1.807) is 14.0 Å². The van der Waals surface area contributed by atoms with Gasteiger partial charge in [0.15, 0.2) is 0 Å². The van der Waals surface area contributed by atoms with Gasteiger partial charge in [0.05, 0.1) is 18.9 Å². The topological polar surface area (TPSA) is 32.7 Å². The smallest absolute Gasteiger partial charge is 0.126 e. The van der Waals surface area contributed by atoms with Crippen LogP contribution in [-0.2, 0) is 0 Å². The van der Waals surface area contributed by atoms with Crippen molar-refractivity contribution in [3.63, 3.8) is 0 Å². The number of hydrogen-bond acceptors (Lipinski definition) is 3. The molecular weight excluding hydrogens is 262 g/mol. The van der Waals surface area contributed by atoms with Gasteiger partial charge in [-0.15, -0.1) is 0 Å². The third-order valence-electron chi connectivity index (χ3n) is 3.63. The largest absolute Gasteiger partial charge is 0.496 e. The Bertz CT molecular complexity index is 591. The Balaban J connectivity index is 2.54. The number of aliphatic hydroxyl groups is 1. The average Bonchev–Trinajstić information content (AvgIpc) is 2.49. The lowest BCUT2D eigenvalue weighted by Crippen LogP contribution is -2.18. The predicted octanol–water partition coefficient (Wildman–Crippen LogP) is 4.21. The van der Waals surface area contributed by atoms with Crippen LogP contribution in [0.2, 0.25) is 0 Å². The van der Waals surface area contributed by atoms with Gasteiger partial charge >= 0.3 is 0 Å². The molecule has 112 valence electrons. The van der Waals surface area contributed by atoms with Crippen LogP contribution in [0.4, 0.5) is 11.4 Å². The normalized spacial score (nSPS) is 12.0. The molecule has 3 nitrogen and oxygen atoms in total. The van der Waals surface area contributed by atoms with E-state index < -0.39 is 6.10 Å². The molecule has 0 saturated heterocycles. The van der Waals surface area contributed by atoms with Crippen molar-refractivity contribution in [1.82, 2.24) is 0 Å². The molecule has 0 aliphatic rings. The van der Waals surface area contributed by atoms with Crippen molar-refractivity contribution < 1.29 is 9.84 Å². The molecule has 0 aromatic heterocycles. The molecule has 0 spiro atoms. The Morgan fingerprint density at radius 2 is 1.81 bits per heavy atom. The van der Waals surface area contributed by atoms with Crippen LogP contribution in [0.5, 0.6) is 5.75 Å². The maximum absolute atomic E-state index is 10.1. The van der Waals surface area contributed by atoms with Crippen molar-refractivity contribution in [1.29, 1.82) is 0 Å². The second kappa shape index (κ2) is 6.64. The van der Waals surface area contributed by atoms with E-state index in [-0.39, 0.29) is 0 Å². The van der Waals surface area contributed by atoms with Gasteiger partial charge in [-0.25, -0.2) is 0 Å². The summed E-state index contributed by atoms with van der Waals surface area (Å²) in [4.78, 5) is 2.18. The summed E-state index contributed by atoms with van der Waals surface area (Å²) >= 11 is 0. The minimum atomic E-state index is -0.587. The Kier molecular flexibility index (Phi) is 4.86. The van der Waals surface area contributed by atoms with Crippen LogP contribution in [0.3, 0.4) is 0 Å². The van der Waals surface area contributed by atoms with E-state index in [0.717, 1.165) is 23.5 Å². The van der Waals surface area contributed by atoms with E-state index in [0.29, 0.717) is 5.75 Å². The fourth-order valence-electron chi connectivity index (χ4n) is 2.58. The molecule has 0 heterocycles. The first-order valence-electron chi connectivity index (χ1n) is 7.27. The summed E-state index contributed by atoms with van der Waals surface area (Å²) in [6, 6.07) is 14.3. The van der Waals surface area contributed by atoms with Crippen LogP contribution in [0.1, 0.15) is 31.1 Å². The lowest BCUT2D eigenvalue weighted by Gasteiger charge is -2.28. The summed E-state index contributed by atoms with van der Waals surface area (Å²) in [5, 5.41) is 10.1. The predicted molar refractivity (Wildman–Crippen MR) is 87.5 cm³/mol. The second-order valence-corrected chi connectivity index (χ2v) is 5.15. The first-order valence-corrected chi connectivity index (χ1v) is 7.27. The molecule has 0 saturated carbocycles. The fourth-order valence-corrected chi connectivity index (χ4v) is 2.58. The molecule has 1 atom stereocenters. The van der Waals surface area contributed by atoms with Gasteiger partial charge in [0.25, 0.3) is 0 Å². The number of ether oxygens (including phenoxy) is 1. The lowest BCUT2D eigenvalue weighted by atomic mass is 10.0. The number of rotatable bonds is 5. The molecule has 0 aliphatic carbocycles. The number of aryl methyl sites for hydroxylation is 1. The summed E-state index contributed by atoms with van der Waals surface area (Å²) in [6.45, 7) is 6.76. The molecule has 0 bridgehead atoms. The number of nitrogens with zero attached hydrogens (tertiary/aromatic N) is 1. The van der Waals surface area contributed by atoms with Gasteiger partial charge < -0.3 is 14.7 Å². The number of aliphatic hydroxyl groups excluding tert-OH is 1. The maximum Gasteiger partial charge on any atom is 0.126 e. The zero-order chi connectivity index (χ0) is 15.4. The van der Waals surface area contributed by atoms with E-state index >= 15 is 0 Å². The number of hydrogen-bond donors (Lipinski definition) is 1. The Hall–Kier alpha value is -2.00. The number of benzene rings is 2. The van der Waals surface area contributed by atoms with Gasteiger partial charge in [-0.1, -0.05) is 23.8 Å². The van der Waals surface area contributed by atoms with E-state index in [2.05, 4.69) is 43.0 Å². The molecule has 0 fully saturated rings. The Labute approximate surface area is 126 Å². The molecule has 0 unspecified atom stereocenters. The highest BCUT2D eigenvalue weighted by atomic mass is 16.5. The van der Waals surface area contributed by atoms with Gasteiger partial charge in [-0.05, 0) is 45.0 Å². The van der Waals surface area contributed by atoms with E-state index in [1.807, 2.05) is 18.2 Å². The van der Waals surface area contributed by atoms with Crippen molar-refractivity contribution >= 4 is 11.4 Å². The van der Waals surface area contributed by atoms with Gasteiger partial charge in [0.2, 0.25) is 0 Å². The summed E-state index contributed by atoms with van der Waals surface area (Å²) in [5.74, 6) is 0.716. The SMILES string of the molecule is CCN(c1ccc(C)cc1)c1cccc(OC)c1[C@H](C)O. The molecule has 2 aromatic carbocycles. The van der Waals surface area contributed by atoms with Crippen LogP contribution in [0.25, 0.3) is 0 Å². The van der Waals surface area contributed by atoms with Gasteiger partial charge in [-0.2, -0.15) is 0 Å². The van der Waals surface area contributed by atoms with E-state index in [9.17, 15) is 5.11 Å². The van der Waals surface area contributed by atoms with Crippen molar-refractivity contribution in [2.45, 2.75) is 26.9 Å². The number of anilines is 2. The molecule has 1 N–H and O–H groups in total. The maximum atomic E-state index is 10.1. The lowest BCUT2D eigenvalue weighted by molar-refractivity contribution is 0.195. The van der Waals surface area contributed by atoms with Crippen LogP contribution < -0.4 is 9.64 Å². The van der Waals surface area contributed by atoms with Crippen molar-refractivity contribution in [2.75, 3.05) is 18.6 Å². The number of methoxy groups -OCH3 is 1. The zero-order valence-electron chi connectivity index (χ0n) is 13.1. The van der Waals surface area contributed by atoms with E-state index in [4.69, 9.17) is 4.74 Å². The molecule has 2 rings (SSSR count). The van der Waals surface area contributed by atoms with Gasteiger partial charge in [0.1, 0.15) is 5.75 Å². The van der Waals surface area contributed by atoms with Gasteiger partial charge in [-0.3, -0.25) is 0 Å². The van der Waals surface area contributed by atoms with Crippen molar-refractivity contribution in [2.24, 2.45) is 0 Å². The zero-order valence-corrected chi connectivity index (χ0v) is 13.1. The highest BCUT2D eigenvalue weighted by molar-refractivity contribution is 5.69. The standard InChI is InChI=1S/C18H23NO2/c1-5-19(15-11-9-13(2)10-12-15)16-7-6-8-17(21-4)18(16)14(3)20/h6-12,14,20H,5H2,1-4H3/t14-/m0/s1. The minimum absolute atomic E-state index is 0.587. The molecule has 0 amide bonds. The molecular formula is C18H23NO2. The molecule has 0 radical (unpaired) electrons. The van der Waals surface area contributed by atoms with Crippen LogP contribution >= 0.6 is 0 Å². The quantitative estimate of drug-likeness (QED) is 0.893. The highest BCUT2D eigenvalue weighted by Gasteiger charge is 2.18. The first-order chi connectivity index (χ1) is 10.1.